The number of ether oxygens (including phenoxy) is 1. The predicted molar refractivity (Wildman–Crippen MR) is 128 cm³/mol. The molecule has 0 radical (unpaired) electrons. The lowest BCUT2D eigenvalue weighted by atomic mass is 9.66. The standard InChI is InChI=1S/C28H24O9/c1-17(29)28(36)27(35,24(33)20-15-9-4-10-16-20)26(34,23(32)19-13-7-3-8-14-19)25(37-28)22(31)21(30)18-11-5-2-6-12-18/h2-16,21,25,30,34-36H,1H3/t21?,25-,26+,27-,28-/m1/s1. The van der Waals surface area contributed by atoms with Crippen LogP contribution in [0.2, 0.25) is 0 Å². The van der Waals surface area contributed by atoms with Gasteiger partial charge < -0.3 is 25.2 Å². The van der Waals surface area contributed by atoms with Gasteiger partial charge in [-0.2, -0.15) is 0 Å². The first kappa shape index (κ1) is 26.2. The lowest BCUT2D eigenvalue weighted by Crippen LogP contribution is -2.73. The second-order valence-electron chi connectivity index (χ2n) is 8.78. The molecule has 9 nitrogen and oxygen atoms in total. The highest BCUT2D eigenvalue weighted by atomic mass is 16.7. The van der Waals surface area contributed by atoms with E-state index in [-0.39, 0.29) is 16.7 Å². The van der Waals surface area contributed by atoms with E-state index in [0.29, 0.717) is 0 Å². The first-order valence-corrected chi connectivity index (χ1v) is 11.3. The third-order valence-corrected chi connectivity index (χ3v) is 6.58. The van der Waals surface area contributed by atoms with Crippen molar-refractivity contribution in [3.05, 3.63) is 108 Å². The van der Waals surface area contributed by atoms with E-state index in [4.69, 9.17) is 4.74 Å². The van der Waals surface area contributed by atoms with Crippen molar-refractivity contribution in [1.82, 2.24) is 0 Å². The normalized spacial score (nSPS) is 27.9. The molecular formula is C28H24O9. The minimum absolute atomic E-state index is 0.0433. The Labute approximate surface area is 211 Å². The van der Waals surface area contributed by atoms with Gasteiger partial charge in [-0.15, -0.1) is 0 Å². The van der Waals surface area contributed by atoms with E-state index < -0.39 is 52.3 Å². The number of Topliss-reactive ketones (excluding diaryl/α,β-unsaturated/α-hetero) is 4. The lowest BCUT2D eigenvalue weighted by Gasteiger charge is -2.40. The molecule has 1 saturated heterocycles. The number of aliphatic hydroxyl groups excluding tert-OH is 1. The molecule has 1 unspecified atom stereocenters. The highest BCUT2D eigenvalue weighted by Gasteiger charge is 2.82. The zero-order valence-corrected chi connectivity index (χ0v) is 19.6. The molecule has 9 heteroatoms. The molecule has 0 saturated carbocycles. The van der Waals surface area contributed by atoms with Crippen molar-refractivity contribution >= 4 is 23.1 Å². The Morgan fingerprint density at radius 2 is 1.16 bits per heavy atom. The van der Waals surface area contributed by atoms with E-state index in [1.54, 1.807) is 18.2 Å². The average molecular weight is 504 g/mol. The minimum atomic E-state index is -3.68. The molecular weight excluding hydrogens is 480 g/mol. The Morgan fingerprint density at radius 1 is 0.730 bits per heavy atom. The third kappa shape index (κ3) is 3.85. The van der Waals surface area contributed by atoms with Crippen LogP contribution in [0.25, 0.3) is 0 Å². The highest BCUT2D eigenvalue weighted by Crippen LogP contribution is 2.50. The van der Waals surface area contributed by atoms with Gasteiger partial charge in [0.25, 0.3) is 5.79 Å². The number of aliphatic hydroxyl groups is 4. The largest absolute Gasteiger partial charge is 0.380 e. The molecule has 1 aliphatic rings. The number of carbonyl (C=O) groups is 4. The molecule has 3 aromatic rings. The van der Waals surface area contributed by atoms with Crippen molar-refractivity contribution in [1.29, 1.82) is 0 Å². The van der Waals surface area contributed by atoms with Crippen molar-refractivity contribution < 1.29 is 44.3 Å². The molecule has 0 bridgehead atoms. The first-order valence-electron chi connectivity index (χ1n) is 11.3. The fraction of sp³-hybridized carbons (Fsp3) is 0.214. The molecule has 4 N–H and O–H groups in total. The average Bonchev–Trinajstić information content (AvgIpc) is 3.13. The highest BCUT2D eigenvalue weighted by molar-refractivity contribution is 6.18. The van der Waals surface area contributed by atoms with Crippen LogP contribution >= 0.6 is 0 Å². The van der Waals surface area contributed by atoms with Gasteiger partial charge in [0, 0.05) is 18.1 Å². The van der Waals surface area contributed by atoms with Crippen LogP contribution in [-0.2, 0) is 14.3 Å². The summed E-state index contributed by atoms with van der Waals surface area (Å²) in [4.78, 5) is 53.7. The predicted octanol–water partition coefficient (Wildman–Crippen LogP) is 1.19. The Kier molecular flexibility index (Phi) is 6.76. The summed E-state index contributed by atoms with van der Waals surface area (Å²) in [6.07, 6.45) is -4.53. The van der Waals surface area contributed by atoms with Gasteiger partial charge in [0.1, 0.15) is 6.10 Å². The lowest BCUT2D eigenvalue weighted by molar-refractivity contribution is -0.238. The van der Waals surface area contributed by atoms with Crippen LogP contribution in [0.1, 0.15) is 39.3 Å². The number of benzene rings is 3. The Balaban J connectivity index is 1.98. The van der Waals surface area contributed by atoms with Crippen molar-refractivity contribution in [2.24, 2.45) is 0 Å². The van der Waals surface area contributed by atoms with Crippen LogP contribution in [-0.4, -0.2) is 66.7 Å². The van der Waals surface area contributed by atoms with Gasteiger partial charge in [0.2, 0.25) is 22.8 Å². The van der Waals surface area contributed by atoms with E-state index in [9.17, 15) is 39.6 Å². The Morgan fingerprint density at radius 3 is 1.62 bits per heavy atom. The van der Waals surface area contributed by atoms with Gasteiger partial charge in [-0.05, 0) is 5.56 Å². The van der Waals surface area contributed by atoms with Gasteiger partial charge in [-0.25, -0.2) is 0 Å². The summed E-state index contributed by atoms with van der Waals surface area (Å²) in [5, 5.41) is 46.0. The minimum Gasteiger partial charge on any atom is -0.380 e. The maximum absolute atomic E-state index is 13.8. The van der Waals surface area contributed by atoms with Crippen molar-refractivity contribution in [2.45, 2.75) is 36.1 Å². The summed E-state index contributed by atoms with van der Waals surface area (Å²) in [5.41, 5.74) is -7.72. The summed E-state index contributed by atoms with van der Waals surface area (Å²) >= 11 is 0. The van der Waals surface area contributed by atoms with E-state index in [1.807, 2.05) is 0 Å². The zero-order chi connectivity index (χ0) is 27.0. The topological polar surface area (TPSA) is 158 Å². The van der Waals surface area contributed by atoms with Gasteiger partial charge in [-0.3, -0.25) is 19.2 Å². The molecule has 190 valence electrons. The van der Waals surface area contributed by atoms with Gasteiger partial charge in [-0.1, -0.05) is 91.0 Å². The summed E-state index contributed by atoms with van der Waals surface area (Å²) in [6.45, 7) is 0.761. The first-order chi connectivity index (χ1) is 17.5. The summed E-state index contributed by atoms with van der Waals surface area (Å²) < 4.78 is 5.29. The van der Waals surface area contributed by atoms with Crippen LogP contribution in [0.5, 0.6) is 0 Å². The van der Waals surface area contributed by atoms with Crippen LogP contribution in [0.3, 0.4) is 0 Å². The van der Waals surface area contributed by atoms with E-state index in [0.717, 1.165) is 6.92 Å². The van der Waals surface area contributed by atoms with Crippen molar-refractivity contribution in [3.63, 3.8) is 0 Å². The fourth-order valence-corrected chi connectivity index (χ4v) is 4.55. The number of carbonyl (C=O) groups excluding carboxylic acids is 4. The maximum atomic E-state index is 13.8. The molecule has 0 aromatic heterocycles. The number of hydrogen-bond acceptors (Lipinski definition) is 9. The third-order valence-electron chi connectivity index (χ3n) is 6.58. The zero-order valence-electron chi connectivity index (χ0n) is 19.6. The number of hydrogen-bond donors (Lipinski definition) is 4. The Bertz CT molecular complexity index is 1340. The molecule has 0 aliphatic carbocycles. The molecule has 5 atom stereocenters. The molecule has 37 heavy (non-hydrogen) atoms. The van der Waals surface area contributed by atoms with E-state index >= 15 is 0 Å². The van der Waals surface area contributed by atoms with Crippen LogP contribution in [0.4, 0.5) is 0 Å². The van der Waals surface area contributed by atoms with Gasteiger partial charge in [0.05, 0.1) is 0 Å². The number of rotatable bonds is 8. The van der Waals surface area contributed by atoms with Crippen LogP contribution in [0, 0.1) is 0 Å². The molecule has 1 aliphatic heterocycles. The van der Waals surface area contributed by atoms with E-state index in [2.05, 4.69) is 0 Å². The Hall–Kier alpha value is -3.86. The maximum Gasteiger partial charge on any atom is 0.268 e. The molecule has 1 fully saturated rings. The summed E-state index contributed by atoms with van der Waals surface area (Å²) in [7, 11) is 0. The smallest absolute Gasteiger partial charge is 0.268 e. The fourth-order valence-electron chi connectivity index (χ4n) is 4.55. The quantitative estimate of drug-likeness (QED) is 0.331. The molecule has 1 heterocycles. The van der Waals surface area contributed by atoms with Crippen molar-refractivity contribution in [2.75, 3.05) is 0 Å². The number of ketones is 4. The SMILES string of the molecule is CC(=O)[C@@]1(O)O[C@H](C(=O)C(O)c2ccccc2)[C@@](O)(C(=O)c2ccccc2)[C@]1(O)C(=O)c1ccccc1. The molecule has 4 rings (SSSR count). The van der Waals surface area contributed by atoms with Crippen LogP contribution in [0.15, 0.2) is 91.0 Å². The van der Waals surface area contributed by atoms with E-state index in [1.165, 1.54) is 72.8 Å². The van der Waals surface area contributed by atoms with Crippen LogP contribution < -0.4 is 0 Å². The van der Waals surface area contributed by atoms with Gasteiger partial charge in [0.15, 0.2) is 17.7 Å². The summed E-state index contributed by atoms with van der Waals surface area (Å²) in [5.74, 6) is -9.08. The van der Waals surface area contributed by atoms with Gasteiger partial charge >= 0.3 is 0 Å². The second-order valence-corrected chi connectivity index (χ2v) is 8.78. The molecule has 0 amide bonds. The van der Waals surface area contributed by atoms with Crippen molar-refractivity contribution in [3.8, 4) is 0 Å². The monoisotopic (exact) mass is 504 g/mol. The second kappa shape index (κ2) is 9.55. The molecule has 0 spiro atoms. The molecule has 3 aromatic carbocycles. The summed E-state index contributed by atoms with van der Waals surface area (Å²) in [6, 6.07) is 21.1.